The van der Waals surface area contributed by atoms with Crippen molar-refractivity contribution >= 4 is 16.0 Å². The Balaban J connectivity index is 2.20. The van der Waals surface area contributed by atoms with E-state index < -0.39 is 10.0 Å². The molecule has 1 rings (SSSR count). The Labute approximate surface area is 83.3 Å². The van der Waals surface area contributed by atoms with Crippen molar-refractivity contribution in [1.29, 1.82) is 0 Å². The molecule has 0 radical (unpaired) electrons. The number of nitrogens with one attached hydrogen (secondary N) is 1. The maximum atomic E-state index is 11.0. The molecule has 0 aliphatic carbocycles. The van der Waals surface area contributed by atoms with Crippen LogP contribution in [0.5, 0.6) is 0 Å². The summed E-state index contributed by atoms with van der Waals surface area (Å²) in [5, 5.41) is 2.89. The summed E-state index contributed by atoms with van der Waals surface area (Å²) >= 11 is 0. The minimum absolute atomic E-state index is 0.0591. The third kappa shape index (κ3) is 2.93. The highest BCUT2D eigenvalue weighted by atomic mass is 32.2. The molecule has 1 N–H and O–H groups in total. The summed E-state index contributed by atoms with van der Waals surface area (Å²) in [5.74, 6) is -0.345. The van der Waals surface area contributed by atoms with Gasteiger partial charge in [0.25, 0.3) is 0 Å². The van der Waals surface area contributed by atoms with Gasteiger partial charge in [0, 0.05) is 19.1 Å². The van der Waals surface area contributed by atoms with Crippen molar-refractivity contribution in [1.82, 2.24) is 9.62 Å². The van der Waals surface area contributed by atoms with Gasteiger partial charge in [0.05, 0.1) is 19.9 Å². The molecule has 0 aromatic rings. The third-order valence-corrected chi connectivity index (χ3v) is 3.32. The average Bonchev–Trinajstić information content (AvgIpc) is 1.98. The van der Waals surface area contributed by atoms with Gasteiger partial charge in [-0.2, -0.15) is 4.31 Å². The zero-order chi connectivity index (χ0) is 10.8. The lowest BCUT2D eigenvalue weighted by atomic mass is 10.2. The van der Waals surface area contributed by atoms with Crippen molar-refractivity contribution < 1.29 is 17.9 Å². The number of ether oxygens (including phenoxy) is 1. The molecule has 7 heteroatoms. The molecule has 1 heterocycles. The van der Waals surface area contributed by atoms with Crippen LogP contribution in [0.15, 0.2) is 0 Å². The number of carbonyl (C=O) groups excluding carboxylic acids is 1. The zero-order valence-corrected chi connectivity index (χ0v) is 9.00. The second kappa shape index (κ2) is 4.24. The minimum Gasteiger partial charge on any atom is -0.468 e. The summed E-state index contributed by atoms with van der Waals surface area (Å²) in [6.45, 7) is 0.977. The van der Waals surface area contributed by atoms with Gasteiger partial charge in [-0.05, 0) is 0 Å². The molecule has 0 atom stereocenters. The number of carbonyl (C=O) groups is 1. The smallest absolute Gasteiger partial charge is 0.319 e. The lowest BCUT2D eigenvalue weighted by Crippen LogP contribution is -2.60. The highest BCUT2D eigenvalue weighted by Gasteiger charge is 2.32. The second-order valence-corrected chi connectivity index (χ2v) is 5.22. The van der Waals surface area contributed by atoms with Crippen LogP contribution in [0, 0.1) is 0 Å². The molecule has 1 saturated heterocycles. The van der Waals surface area contributed by atoms with E-state index in [1.54, 1.807) is 0 Å². The SMILES string of the molecule is COC(=O)CNC1CN(S(C)(=O)=O)C1. The molecular formula is C7H14N2O4S. The van der Waals surface area contributed by atoms with E-state index >= 15 is 0 Å². The molecule has 0 bridgehead atoms. The van der Waals surface area contributed by atoms with E-state index in [4.69, 9.17) is 0 Å². The van der Waals surface area contributed by atoms with Gasteiger partial charge in [-0.1, -0.05) is 0 Å². The first-order valence-electron chi connectivity index (χ1n) is 4.19. The largest absolute Gasteiger partial charge is 0.468 e. The Bertz CT molecular complexity index is 308. The Hall–Kier alpha value is -0.660. The normalized spacial score (nSPS) is 19.0. The van der Waals surface area contributed by atoms with Gasteiger partial charge in [-0.3, -0.25) is 4.79 Å². The van der Waals surface area contributed by atoms with Gasteiger partial charge in [0.2, 0.25) is 10.0 Å². The van der Waals surface area contributed by atoms with Crippen LogP contribution in [0.3, 0.4) is 0 Å². The third-order valence-electron chi connectivity index (χ3n) is 2.08. The summed E-state index contributed by atoms with van der Waals surface area (Å²) in [6.07, 6.45) is 1.17. The molecule has 0 spiro atoms. The van der Waals surface area contributed by atoms with Crippen molar-refractivity contribution in [3.63, 3.8) is 0 Å². The highest BCUT2D eigenvalue weighted by molar-refractivity contribution is 7.88. The number of sulfonamides is 1. The summed E-state index contributed by atoms with van der Waals surface area (Å²) in [5.41, 5.74) is 0. The van der Waals surface area contributed by atoms with Crippen LogP contribution >= 0.6 is 0 Å². The molecule has 6 nitrogen and oxygen atoms in total. The van der Waals surface area contributed by atoms with Gasteiger partial charge in [-0.15, -0.1) is 0 Å². The summed E-state index contributed by atoms with van der Waals surface area (Å²) in [6, 6.07) is 0.0591. The van der Waals surface area contributed by atoms with Gasteiger partial charge in [0.15, 0.2) is 0 Å². The minimum atomic E-state index is -3.07. The molecular weight excluding hydrogens is 208 g/mol. The number of hydrogen-bond donors (Lipinski definition) is 1. The number of rotatable bonds is 4. The Morgan fingerprint density at radius 1 is 1.57 bits per heavy atom. The van der Waals surface area contributed by atoms with Crippen LogP contribution in [0.1, 0.15) is 0 Å². The van der Waals surface area contributed by atoms with Gasteiger partial charge >= 0.3 is 5.97 Å². The van der Waals surface area contributed by atoms with Crippen LogP contribution in [0.2, 0.25) is 0 Å². The number of hydrogen-bond acceptors (Lipinski definition) is 5. The van der Waals surface area contributed by atoms with Gasteiger partial charge in [-0.25, -0.2) is 8.42 Å². The van der Waals surface area contributed by atoms with Crippen LogP contribution in [0.25, 0.3) is 0 Å². The Morgan fingerprint density at radius 3 is 2.57 bits per heavy atom. The molecule has 0 unspecified atom stereocenters. The van der Waals surface area contributed by atoms with Crippen LogP contribution < -0.4 is 5.32 Å². The molecule has 1 aliphatic heterocycles. The van der Waals surface area contributed by atoms with E-state index in [1.165, 1.54) is 17.7 Å². The molecule has 0 aromatic heterocycles. The quantitative estimate of drug-likeness (QED) is 0.579. The summed E-state index contributed by atoms with van der Waals surface area (Å²) in [4.78, 5) is 10.7. The zero-order valence-electron chi connectivity index (χ0n) is 8.19. The molecule has 0 amide bonds. The van der Waals surface area contributed by atoms with Gasteiger partial charge < -0.3 is 10.1 Å². The fourth-order valence-electron chi connectivity index (χ4n) is 1.14. The van der Waals surface area contributed by atoms with E-state index in [0.717, 1.165) is 0 Å². The molecule has 0 saturated carbocycles. The van der Waals surface area contributed by atoms with Crippen LogP contribution in [-0.4, -0.2) is 57.7 Å². The van der Waals surface area contributed by atoms with E-state index in [-0.39, 0.29) is 18.6 Å². The lowest BCUT2D eigenvalue weighted by molar-refractivity contribution is -0.139. The molecule has 14 heavy (non-hydrogen) atoms. The molecule has 1 fully saturated rings. The predicted octanol–water partition coefficient (Wildman–Crippen LogP) is -1.61. The van der Waals surface area contributed by atoms with E-state index in [1.807, 2.05) is 0 Å². The van der Waals surface area contributed by atoms with E-state index in [0.29, 0.717) is 13.1 Å². The van der Waals surface area contributed by atoms with E-state index in [9.17, 15) is 13.2 Å². The fraction of sp³-hybridized carbons (Fsp3) is 0.857. The monoisotopic (exact) mass is 222 g/mol. The van der Waals surface area contributed by atoms with Crippen molar-refractivity contribution in [2.75, 3.05) is 33.0 Å². The standard InChI is InChI=1S/C7H14N2O4S/c1-13-7(10)3-8-6-4-9(5-6)14(2,11)12/h6,8H,3-5H2,1-2H3. The number of esters is 1. The fourth-order valence-corrected chi connectivity index (χ4v) is 2.04. The predicted molar refractivity (Wildman–Crippen MR) is 50.2 cm³/mol. The van der Waals surface area contributed by atoms with E-state index in [2.05, 4.69) is 10.1 Å². The maximum absolute atomic E-state index is 11.0. The highest BCUT2D eigenvalue weighted by Crippen LogP contribution is 2.11. The average molecular weight is 222 g/mol. The number of nitrogens with zero attached hydrogens (tertiary/aromatic N) is 1. The van der Waals surface area contributed by atoms with Crippen LogP contribution in [0.4, 0.5) is 0 Å². The summed E-state index contributed by atoms with van der Waals surface area (Å²) in [7, 11) is -1.75. The molecule has 1 aliphatic rings. The Morgan fingerprint density at radius 2 is 2.14 bits per heavy atom. The first-order chi connectivity index (χ1) is 6.43. The molecule has 0 aromatic carbocycles. The maximum Gasteiger partial charge on any atom is 0.319 e. The first kappa shape index (κ1) is 11.4. The lowest BCUT2D eigenvalue weighted by Gasteiger charge is -2.37. The first-order valence-corrected chi connectivity index (χ1v) is 6.03. The van der Waals surface area contributed by atoms with Crippen molar-refractivity contribution in [2.24, 2.45) is 0 Å². The Kier molecular flexibility index (Phi) is 3.46. The second-order valence-electron chi connectivity index (χ2n) is 3.23. The summed E-state index contributed by atoms with van der Waals surface area (Å²) < 4.78 is 27.7. The van der Waals surface area contributed by atoms with Crippen molar-refractivity contribution in [3.8, 4) is 0 Å². The topological polar surface area (TPSA) is 75.7 Å². The van der Waals surface area contributed by atoms with Crippen molar-refractivity contribution in [3.05, 3.63) is 0 Å². The van der Waals surface area contributed by atoms with Crippen LogP contribution in [-0.2, 0) is 19.6 Å². The van der Waals surface area contributed by atoms with Crippen molar-refractivity contribution in [2.45, 2.75) is 6.04 Å². The molecule has 82 valence electrons. The van der Waals surface area contributed by atoms with Gasteiger partial charge in [0.1, 0.15) is 0 Å². The number of methoxy groups -OCH3 is 1.